The Kier molecular flexibility index (Phi) is 4.79. The molecule has 3 rings (SSSR count). The highest BCUT2D eigenvalue weighted by Gasteiger charge is 2.38. The van der Waals surface area contributed by atoms with E-state index in [-0.39, 0.29) is 30.1 Å². The molecule has 1 heterocycles. The number of nitrogens with zero attached hydrogens (tertiary/aromatic N) is 1. The minimum atomic E-state index is -0.412. The van der Waals surface area contributed by atoms with Crippen LogP contribution in [0.1, 0.15) is 25.7 Å². The second kappa shape index (κ2) is 6.98. The number of ether oxygens (including phenoxy) is 1. The number of carbonyl (C=O) groups is 2. The normalized spacial score (nSPS) is 21.2. The summed E-state index contributed by atoms with van der Waals surface area (Å²) >= 11 is 0. The van der Waals surface area contributed by atoms with E-state index in [2.05, 4.69) is 5.32 Å². The summed E-state index contributed by atoms with van der Waals surface area (Å²) in [5.41, 5.74) is 0. The molecule has 124 valence electrons. The molecule has 1 atom stereocenters. The van der Waals surface area contributed by atoms with Crippen LogP contribution in [0.2, 0.25) is 0 Å². The van der Waals surface area contributed by atoms with Crippen LogP contribution in [0.25, 0.3) is 0 Å². The van der Waals surface area contributed by atoms with E-state index in [1.807, 2.05) is 4.90 Å². The molecule has 1 aliphatic carbocycles. The van der Waals surface area contributed by atoms with Gasteiger partial charge in [0.05, 0.1) is 12.5 Å². The third-order valence-electron chi connectivity index (χ3n) is 4.30. The molecule has 23 heavy (non-hydrogen) atoms. The average Bonchev–Trinajstić information content (AvgIpc) is 3.38. The summed E-state index contributed by atoms with van der Waals surface area (Å²) < 4.78 is 18.7. The number of halogens is 1. The number of benzene rings is 1. The van der Waals surface area contributed by atoms with Crippen LogP contribution in [-0.4, -0.2) is 42.5 Å². The summed E-state index contributed by atoms with van der Waals surface area (Å²) in [5.74, 6) is -0.268. The molecule has 1 N–H and O–H groups in total. The van der Waals surface area contributed by atoms with Gasteiger partial charge in [0.1, 0.15) is 6.61 Å². The van der Waals surface area contributed by atoms with Crippen LogP contribution >= 0.6 is 0 Å². The predicted octanol–water partition coefficient (Wildman–Crippen LogP) is 1.72. The number of likely N-dealkylation sites (tertiary alicyclic amines) is 1. The van der Waals surface area contributed by atoms with Gasteiger partial charge in [-0.15, -0.1) is 0 Å². The minimum Gasteiger partial charge on any atom is -0.489 e. The molecular formula is C17H21FN2O3. The van der Waals surface area contributed by atoms with Gasteiger partial charge >= 0.3 is 0 Å². The molecule has 1 aliphatic heterocycles. The first-order chi connectivity index (χ1) is 11.1. The molecule has 1 aromatic carbocycles. The first-order valence-electron chi connectivity index (χ1n) is 8.09. The molecule has 0 radical (unpaired) electrons. The number of piperidine rings is 1. The van der Waals surface area contributed by atoms with Gasteiger partial charge in [0.15, 0.2) is 11.6 Å². The van der Waals surface area contributed by atoms with Crippen molar-refractivity contribution in [1.82, 2.24) is 10.2 Å². The summed E-state index contributed by atoms with van der Waals surface area (Å²) in [5, 5.41) is 2.81. The summed E-state index contributed by atoms with van der Waals surface area (Å²) in [7, 11) is 0. The maximum atomic E-state index is 13.4. The third-order valence-corrected chi connectivity index (χ3v) is 4.30. The van der Waals surface area contributed by atoms with Crippen molar-refractivity contribution in [2.24, 2.45) is 5.92 Å². The summed E-state index contributed by atoms with van der Waals surface area (Å²) in [6, 6.07) is 6.53. The number of nitrogens with one attached hydrogen (secondary N) is 1. The fourth-order valence-corrected chi connectivity index (χ4v) is 2.87. The van der Waals surface area contributed by atoms with Crippen LogP contribution < -0.4 is 10.1 Å². The summed E-state index contributed by atoms with van der Waals surface area (Å²) in [4.78, 5) is 25.9. The minimum absolute atomic E-state index is 0.0553. The van der Waals surface area contributed by atoms with Crippen molar-refractivity contribution < 1.29 is 18.7 Å². The van der Waals surface area contributed by atoms with E-state index in [9.17, 15) is 14.0 Å². The van der Waals surface area contributed by atoms with Crippen molar-refractivity contribution >= 4 is 11.8 Å². The van der Waals surface area contributed by atoms with Gasteiger partial charge in [-0.3, -0.25) is 9.59 Å². The number of hydrogen-bond donors (Lipinski definition) is 1. The van der Waals surface area contributed by atoms with Crippen molar-refractivity contribution in [2.75, 3.05) is 19.7 Å². The Labute approximate surface area is 134 Å². The second-order valence-corrected chi connectivity index (χ2v) is 6.08. The Balaban J connectivity index is 1.41. The Hall–Kier alpha value is -2.11. The molecule has 1 unspecified atom stereocenters. The zero-order chi connectivity index (χ0) is 16.2. The van der Waals surface area contributed by atoms with Crippen LogP contribution in [0.15, 0.2) is 24.3 Å². The topological polar surface area (TPSA) is 58.6 Å². The lowest BCUT2D eigenvalue weighted by atomic mass is 9.96. The Morgan fingerprint density at radius 3 is 2.83 bits per heavy atom. The smallest absolute Gasteiger partial charge is 0.225 e. The quantitative estimate of drug-likeness (QED) is 0.812. The molecule has 1 saturated carbocycles. The Bertz CT molecular complexity index is 589. The van der Waals surface area contributed by atoms with Crippen molar-refractivity contribution in [2.45, 2.75) is 31.7 Å². The zero-order valence-electron chi connectivity index (χ0n) is 13.0. The monoisotopic (exact) mass is 320 g/mol. The van der Waals surface area contributed by atoms with Crippen LogP contribution in [0, 0.1) is 11.7 Å². The molecule has 2 amide bonds. The van der Waals surface area contributed by atoms with Gasteiger partial charge in [-0.05, 0) is 31.4 Å². The standard InChI is InChI=1S/C17H21FN2O3/c18-14-3-1-2-4-15(14)23-10-9-19-17(22)12-5-8-16(21)20(11-12)13-6-7-13/h1-4,12-13H,5-11H2,(H,19,22). The lowest BCUT2D eigenvalue weighted by molar-refractivity contribution is -0.138. The lowest BCUT2D eigenvalue weighted by Crippen LogP contribution is -2.47. The van der Waals surface area contributed by atoms with Gasteiger partial charge in [-0.2, -0.15) is 0 Å². The van der Waals surface area contributed by atoms with E-state index in [4.69, 9.17) is 4.74 Å². The highest BCUT2D eigenvalue weighted by atomic mass is 19.1. The van der Waals surface area contributed by atoms with E-state index in [0.717, 1.165) is 12.8 Å². The Morgan fingerprint density at radius 2 is 2.09 bits per heavy atom. The zero-order valence-corrected chi connectivity index (χ0v) is 13.0. The molecule has 5 nitrogen and oxygen atoms in total. The van der Waals surface area contributed by atoms with Gasteiger partial charge < -0.3 is 15.0 Å². The maximum absolute atomic E-state index is 13.4. The van der Waals surface area contributed by atoms with E-state index in [1.54, 1.807) is 18.2 Å². The number of amides is 2. The molecule has 1 aromatic rings. The van der Waals surface area contributed by atoms with E-state index < -0.39 is 5.82 Å². The number of carbonyl (C=O) groups excluding carboxylic acids is 2. The molecule has 2 fully saturated rings. The lowest BCUT2D eigenvalue weighted by Gasteiger charge is -2.32. The number of para-hydroxylation sites is 1. The fraction of sp³-hybridized carbons (Fsp3) is 0.529. The third kappa shape index (κ3) is 4.00. The van der Waals surface area contributed by atoms with E-state index in [1.165, 1.54) is 6.07 Å². The SMILES string of the molecule is O=C(NCCOc1ccccc1F)C1CCC(=O)N(C2CC2)C1. The number of hydrogen-bond acceptors (Lipinski definition) is 3. The maximum Gasteiger partial charge on any atom is 0.225 e. The van der Waals surface area contributed by atoms with Crippen LogP contribution in [-0.2, 0) is 9.59 Å². The molecule has 1 saturated heterocycles. The van der Waals surface area contributed by atoms with Gasteiger partial charge in [0, 0.05) is 19.0 Å². The molecular weight excluding hydrogens is 299 g/mol. The van der Waals surface area contributed by atoms with Crippen molar-refractivity contribution in [3.63, 3.8) is 0 Å². The van der Waals surface area contributed by atoms with Crippen molar-refractivity contribution in [1.29, 1.82) is 0 Å². The van der Waals surface area contributed by atoms with E-state index >= 15 is 0 Å². The fourth-order valence-electron chi connectivity index (χ4n) is 2.87. The van der Waals surface area contributed by atoms with Crippen LogP contribution in [0.3, 0.4) is 0 Å². The van der Waals surface area contributed by atoms with E-state index in [0.29, 0.717) is 32.0 Å². The average molecular weight is 320 g/mol. The molecule has 0 spiro atoms. The first-order valence-corrected chi connectivity index (χ1v) is 8.09. The highest BCUT2D eigenvalue weighted by molar-refractivity contribution is 5.84. The van der Waals surface area contributed by atoms with Crippen LogP contribution in [0.4, 0.5) is 4.39 Å². The Morgan fingerprint density at radius 1 is 1.30 bits per heavy atom. The van der Waals surface area contributed by atoms with Gasteiger partial charge in [-0.25, -0.2) is 4.39 Å². The predicted molar refractivity (Wildman–Crippen MR) is 82.4 cm³/mol. The summed E-state index contributed by atoms with van der Waals surface area (Å²) in [6.45, 7) is 1.05. The molecule has 0 aromatic heterocycles. The highest BCUT2D eigenvalue weighted by Crippen LogP contribution is 2.31. The molecule has 6 heteroatoms. The largest absolute Gasteiger partial charge is 0.489 e. The summed E-state index contributed by atoms with van der Waals surface area (Å²) in [6.07, 6.45) is 3.15. The molecule has 2 aliphatic rings. The van der Waals surface area contributed by atoms with Crippen LogP contribution in [0.5, 0.6) is 5.75 Å². The first kappa shape index (κ1) is 15.8. The second-order valence-electron chi connectivity index (χ2n) is 6.08. The number of rotatable bonds is 6. The van der Waals surface area contributed by atoms with Gasteiger partial charge in [0.2, 0.25) is 11.8 Å². The molecule has 0 bridgehead atoms. The van der Waals surface area contributed by atoms with Gasteiger partial charge in [-0.1, -0.05) is 12.1 Å². The van der Waals surface area contributed by atoms with Gasteiger partial charge in [0.25, 0.3) is 0 Å². The van der Waals surface area contributed by atoms with Crippen molar-refractivity contribution in [3.8, 4) is 5.75 Å². The van der Waals surface area contributed by atoms with Crippen molar-refractivity contribution in [3.05, 3.63) is 30.1 Å².